The van der Waals surface area contributed by atoms with Crippen LogP contribution in [0.15, 0.2) is 11.8 Å². The van der Waals surface area contributed by atoms with E-state index in [-0.39, 0.29) is 0 Å². The second-order valence-electron chi connectivity index (χ2n) is 4.90. The Morgan fingerprint density at radius 3 is 2.42 bits per heavy atom. The minimum absolute atomic E-state index is 0.292. The molecule has 1 aliphatic rings. The van der Waals surface area contributed by atoms with Crippen LogP contribution in [-0.4, -0.2) is 17.0 Å². The van der Waals surface area contributed by atoms with Gasteiger partial charge in [-0.1, -0.05) is 13.0 Å². The predicted molar refractivity (Wildman–Crippen MR) is 54.0 cm³/mol. The van der Waals surface area contributed by atoms with E-state index in [2.05, 4.69) is 45.6 Å². The van der Waals surface area contributed by atoms with E-state index < -0.39 is 0 Å². The Morgan fingerprint density at radius 2 is 2.00 bits per heavy atom. The molecular weight excluding hydrogens is 146 g/mol. The Labute approximate surface area is 76.5 Å². The van der Waals surface area contributed by atoms with Crippen molar-refractivity contribution in [3.8, 4) is 0 Å². The predicted octanol–water partition coefficient (Wildman–Crippen LogP) is 3.03. The SMILES string of the molecule is CC1=CC(C)CCN1C(C)(C)C. The monoisotopic (exact) mass is 167 g/mol. The average Bonchev–Trinajstić information content (AvgIpc) is 1.83. The van der Waals surface area contributed by atoms with Crippen molar-refractivity contribution < 1.29 is 0 Å². The number of rotatable bonds is 0. The van der Waals surface area contributed by atoms with Crippen molar-refractivity contribution in [1.82, 2.24) is 4.90 Å². The molecule has 1 aliphatic heterocycles. The van der Waals surface area contributed by atoms with Crippen LogP contribution in [0, 0.1) is 5.92 Å². The molecule has 0 spiro atoms. The minimum Gasteiger partial charge on any atom is -0.370 e. The van der Waals surface area contributed by atoms with Gasteiger partial charge in [-0.3, -0.25) is 0 Å². The van der Waals surface area contributed by atoms with Gasteiger partial charge in [-0.2, -0.15) is 0 Å². The Kier molecular flexibility index (Phi) is 2.50. The Bertz CT molecular complexity index is 186. The number of hydrogen-bond donors (Lipinski definition) is 0. The maximum atomic E-state index is 2.49. The average molecular weight is 167 g/mol. The van der Waals surface area contributed by atoms with Crippen molar-refractivity contribution in [3.05, 3.63) is 11.8 Å². The molecule has 12 heavy (non-hydrogen) atoms. The summed E-state index contributed by atoms with van der Waals surface area (Å²) in [6.07, 6.45) is 3.68. The first-order valence-corrected chi connectivity index (χ1v) is 4.87. The molecule has 0 aromatic heterocycles. The molecule has 0 aliphatic carbocycles. The minimum atomic E-state index is 0.292. The summed E-state index contributed by atoms with van der Waals surface area (Å²) >= 11 is 0. The van der Waals surface area contributed by atoms with Crippen LogP contribution in [0.1, 0.15) is 41.0 Å². The van der Waals surface area contributed by atoms with E-state index in [0.29, 0.717) is 5.54 Å². The van der Waals surface area contributed by atoms with Crippen molar-refractivity contribution in [1.29, 1.82) is 0 Å². The van der Waals surface area contributed by atoms with Gasteiger partial charge >= 0.3 is 0 Å². The molecule has 0 fully saturated rings. The molecule has 0 amide bonds. The molecule has 1 nitrogen and oxygen atoms in total. The highest BCUT2D eigenvalue weighted by Gasteiger charge is 2.24. The fraction of sp³-hybridized carbons (Fsp3) is 0.818. The summed E-state index contributed by atoms with van der Waals surface area (Å²) in [4.78, 5) is 2.49. The zero-order valence-corrected chi connectivity index (χ0v) is 9.02. The van der Waals surface area contributed by atoms with Crippen molar-refractivity contribution in [2.75, 3.05) is 6.54 Å². The first-order chi connectivity index (χ1) is 5.41. The van der Waals surface area contributed by atoms with E-state index in [1.807, 2.05) is 0 Å². The first kappa shape index (κ1) is 9.63. The molecule has 1 heteroatoms. The lowest BCUT2D eigenvalue weighted by atomic mass is 9.96. The number of allylic oxidation sites excluding steroid dienone is 2. The van der Waals surface area contributed by atoms with E-state index in [1.54, 1.807) is 0 Å². The van der Waals surface area contributed by atoms with Crippen molar-refractivity contribution >= 4 is 0 Å². The molecule has 70 valence electrons. The van der Waals surface area contributed by atoms with Gasteiger partial charge in [0.05, 0.1) is 0 Å². The zero-order chi connectivity index (χ0) is 9.35. The fourth-order valence-corrected chi connectivity index (χ4v) is 1.96. The van der Waals surface area contributed by atoms with E-state index in [0.717, 1.165) is 5.92 Å². The van der Waals surface area contributed by atoms with E-state index in [9.17, 15) is 0 Å². The van der Waals surface area contributed by atoms with Gasteiger partial charge < -0.3 is 4.90 Å². The third-order valence-corrected chi connectivity index (χ3v) is 2.57. The lowest BCUT2D eigenvalue weighted by Crippen LogP contribution is -2.42. The molecule has 1 atom stereocenters. The smallest absolute Gasteiger partial charge is 0.0314 e. The summed E-state index contributed by atoms with van der Waals surface area (Å²) in [6.45, 7) is 12.6. The molecule has 0 aromatic rings. The second-order valence-corrected chi connectivity index (χ2v) is 4.90. The van der Waals surface area contributed by atoms with Crippen LogP contribution in [0.4, 0.5) is 0 Å². The van der Waals surface area contributed by atoms with Crippen molar-refractivity contribution in [2.45, 2.75) is 46.6 Å². The highest BCUT2D eigenvalue weighted by Crippen LogP contribution is 2.26. The lowest BCUT2D eigenvalue weighted by molar-refractivity contribution is 0.165. The third-order valence-electron chi connectivity index (χ3n) is 2.57. The van der Waals surface area contributed by atoms with Crippen LogP contribution in [-0.2, 0) is 0 Å². The van der Waals surface area contributed by atoms with Gasteiger partial charge in [0.15, 0.2) is 0 Å². The maximum absolute atomic E-state index is 2.49. The second kappa shape index (κ2) is 3.12. The van der Waals surface area contributed by atoms with Crippen LogP contribution in [0.25, 0.3) is 0 Å². The summed E-state index contributed by atoms with van der Waals surface area (Å²) in [5.74, 6) is 0.767. The maximum Gasteiger partial charge on any atom is 0.0314 e. The van der Waals surface area contributed by atoms with Crippen LogP contribution >= 0.6 is 0 Å². The molecule has 1 rings (SSSR count). The molecule has 1 unspecified atom stereocenters. The molecule has 0 saturated heterocycles. The summed E-state index contributed by atoms with van der Waals surface area (Å²) in [6, 6.07) is 0. The van der Waals surface area contributed by atoms with Crippen LogP contribution < -0.4 is 0 Å². The van der Waals surface area contributed by atoms with E-state index in [4.69, 9.17) is 0 Å². The topological polar surface area (TPSA) is 3.24 Å². The molecule has 0 aromatic carbocycles. The highest BCUT2D eigenvalue weighted by atomic mass is 15.2. The Balaban J connectivity index is 2.76. The molecule has 1 heterocycles. The number of nitrogens with zero attached hydrogens (tertiary/aromatic N) is 1. The van der Waals surface area contributed by atoms with Gasteiger partial charge in [-0.05, 0) is 40.0 Å². The standard InChI is InChI=1S/C11H21N/c1-9-6-7-12(10(2)8-9)11(3,4)5/h8-9H,6-7H2,1-5H3. The van der Waals surface area contributed by atoms with Crippen molar-refractivity contribution in [3.63, 3.8) is 0 Å². The summed E-state index contributed by atoms with van der Waals surface area (Å²) in [5, 5.41) is 0. The molecular formula is C11H21N. The van der Waals surface area contributed by atoms with Gasteiger partial charge in [0, 0.05) is 17.8 Å². The van der Waals surface area contributed by atoms with Crippen LogP contribution in [0.3, 0.4) is 0 Å². The summed E-state index contributed by atoms with van der Waals surface area (Å²) in [5.41, 5.74) is 1.74. The molecule has 0 radical (unpaired) electrons. The summed E-state index contributed by atoms with van der Waals surface area (Å²) in [7, 11) is 0. The molecule has 0 bridgehead atoms. The Hall–Kier alpha value is -0.460. The fourth-order valence-electron chi connectivity index (χ4n) is 1.96. The van der Waals surface area contributed by atoms with Gasteiger partial charge in [-0.15, -0.1) is 0 Å². The molecule has 0 N–H and O–H groups in total. The summed E-state index contributed by atoms with van der Waals surface area (Å²) < 4.78 is 0. The van der Waals surface area contributed by atoms with Gasteiger partial charge in [0.1, 0.15) is 0 Å². The first-order valence-electron chi connectivity index (χ1n) is 4.87. The third kappa shape index (κ3) is 2.02. The van der Waals surface area contributed by atoms with Crippen molar-refractivity contribution in [2.24, 2.45) is 5.92 Å². The highest BCUT2D eigenvalue weighted by molar-refractivity contribution is 5.07. The largest absolute Gasteiger partial charge is 0.370 e. The van der Waals surface area contributed by atoms with Gasteiger partial charge in [0.2, 0.25) is 0 Å². The molecule has 0 saturated carbocycles. The van der Waals surface area contributed by atoms with Gasteiger partial charge in [0.25, 0.3) is 0 Å². The normalized spacial score (nSPS) is 25.6. The van der Waals surface area contributed by atoms with E-state index in [1.165, 1.54) is 18.7 Å². The Morgan fingerprint density at radius 1 is 1.42 bits per heavy atom. The van der Waals surface area contributed by atoms with E-state index >= 15 is 0 Å². The van der Waals surface area contributed by atoms with Crippen LogP contribution in [0.2, 0.25) is 0 Å². The quantitative estimate of drug-likeness (QED) is 0.536. The zero-order valence-electron chi connectivity index (χ0n) is 9.02. The lowest BCUT2D eigenvalue weighted by Gasteiger charge is -2.41. The van der Waals surface area contributed by atoms with Crippen LogP contribution in [0.5, 0.6) is 0 Å². The van der Waals surface area contributed by atoms with Gasteiger partial charge in [-0.25, -0.2) is 0 Å². The number of hydrogen-bond acceptors (Lipinski definition) is 1.